The van der Waals surface area contributed by atoms with E-state index < -0.39 is 12.1 Å². The molecule has 3 amide bonds. The lowest BCUT2D eigenvalue weighted by Crippen LogP contribution is -2.86. The maximum absolute atomic E-state index is 12.5. The molecule has 2 aromatic rings. The largest absolute Gasteiger partial charge is 0.338 e. The number of hydrogen-bond donors (Lipinski definition) is 3. The van der Waals surface area contributed by atoms with Crippen molar-refractivity contribution in [1.82, 2.24) is 10.6 Å². The first-order chi connectivity index (χ1) is 11.6. The van der Waals surface area contributed by atoms with Crippen molar-refractivity contribution in [2.75, 3.05) is 6.54 Å². The number of amides is 3. The van der Waals surface area contributed by atoms with Crippen LogP contribution in [-0.2, 0) is 11.3 Å². The number of nitrogens with one attached hydrogen (secondary N) is 2. The van der Waals surface area contributed by atoms with Gasteiger partial charge >= 0.3 is 6.03 Å². The van der Waals surface area contributed by atoms with E-state index in [-0.39, 0.29) is 5.91 Å². The number of imide groups is 1. The summed E-state index contributed by atoms with van der Waals surface area (Å²) >= 11 is 6.00. The molecule has 0 heterocycles. The average molecular weight is 347 g/mol. The van der Waals surface area contributed by atoms with Crippen molar-refractivity contribution in [3.63, 3.8) is 0 Å². The molecule has 0 aromatic heterocycles. The second-order valence-electron chi connectivity index (χ2n) is 5.31. The van der Waals surface area contributed by atoms with Crippen molar-refractivity contribution in [2.24, 2.45) is 0 Å². The molecule has 0 aliphatic carbocycles. The Morgan fingerprint density at radius 3 is 2.54 bits per heavy atom. The molecule has 24 heavy (non-hydrogen) atoms. The molecule has 0 saturated carbocycles. The Labute approximate surface area is 146 Å². The molecule has 0 radical (unpaired) electrons. The molecule has 6 heteroatoms. The van der Waals surface area contributed by atoms with Crippen molar-refractivity contribution in [2.45, 2.75) is 19.5 Å². The van der Waals surface area contributed by atoms with E-state index >= 15 is 0 Å². The minimum absolute atomic E-state index is 0.353. The molecule has 0 saturated heterocycles. The van der Waals surface area contributed by atoms with Crippen LogP contribution in [0.15, 0.2) is 54.6 Å². The number of halogens is 1. The van der Waals surface area contributed by atoms with Crippen molar-refractivity contribution in [1.29, 1.82) is 0 Å². The summed E-state index contributed by atoms with van der Waals surface area (Å²) in [6.45, 7) is 2.83. The summed E-state index contributed by atoms with van der Waals surface area (Å²) in [5, 5.41) is 7.48. The van der Waals surface area contributed by atoms with Gasteiger partial charge in [-0.25, -0.2) is 4.79 Å². The number of rotatable bonds is 6. The Hall–Kier alpha value is -2.37. The van der Waals surface area contributed by atoms with Crippen molar-refractivity contribution >= 4 is 23.5 Å². The monoisotopic (exact) mass is 346 g/mol. The van der Waals surface area contributed by atoms with Crippen LogP contribution < -0.4 is 16.0 Å². The molecule has 5 nitrogen and oxygen atoms in total. The minimum atomic E-state index is -0.521. The topological polar surface area (TPSA) is 74.8 Å². The molecule has 0 aliphatic heterocycles. The lowest BCUT2D eigenvalue weighted by molar-refractivity contribution is -0.698. The number of nitrogens with two attached hydrogens (primary N) is 1. The predicted molar refractivity (Wildman–Crippen MR) is 93.5 cm³/mol. The quantitative estimate of drug-likeness (QED) is 0.748. The Balaban J connectivity index is 2.11. The van der Waals surface area contributed by atoms with Crippen molar-refractivity contribution in [3.8, 4) is 0 Å². The number of benzene rings is 2. The summed E-state index contributed by atoms with van der Waals surface area (Å²) in [4.78, 5) is 24.1. The SMILES string of the molecule is CCNC(=O)NC(=O)[C@@H]([NH2+]Cc1cccc(Cl)c1)c1ccccc1. The van der Waals surface area contributed by atoms with Gasteiger partial charge in [0.25, 0.3) is 5.91 Å². The highest BCUT2D eigenvalue weighted by atomic mass is 35.5. The molecular formula is C18H21ClN3O2+. The minimum Gasteiger partial charge on any atom is -0.338 e. The van der Waals surface area contributed by atoms with Crippen LogP contribution in [0.4, 0.5) is 4.79 Å². The zero-order valence-electron chi connectivity index (χ0n) is 13.5. The van der Waals surface area contributed by atoms with Crippen LogP contribution in [0.25, 0.3) is 0 Å². The van der Waals surface area contributed by atoms with Gasteiger partial charge in [-0.05, 0) is 19.1 Å². The van der Waals surface area contributed by atoms with Crippen molar-refractivity contribution in [3.05, 3.63) is 70.7 Å². The van der Waals surface area contributed by atoms with Gasteiger partial charge in [0.15, 0.2) is 6.04 Å². The summed E-state index contributed by atoms with van der Waals surface area (Å²) in [6, 6.07) is 15.9. The third-order valence-corrected chi connectivity index (χ3v) is 3.73. The Kier molecular flexibility index (Phi) is 6.78. The Bertz CT molecular complexity index is 692. The van der Waals surface area contributed by atoms with Crippen LogP contribution in [0.1, 0.15) is 24.1 Å². The first kappa shape index (κ1) is 18.0. The lowest BCUT2D eigenvalue weighted by Gasteiger charge is -2.15. The van der Waals surface area contributed by atoms with Gasteiger partial charge in [0.05, 0.1) is 0 Å². The molecule has 1 atom stereocenters. The fourth-order valence-corrected chi connectivity index (χ4v) is 2.58. The second kappa shape index (κ2) is 9.05. The highest BCUT2D eigenvalue weighted by Gasteiger charge is 2.25. The summed E-state index contributed by atoms with van der Waals surface area (Å²) < 4.78 is 0. The van der Waals surface area contributed by atoms with Crippen LogP contribution in [0.5, 0.6) is 0 Å². The molecule has 4 N–H and O–H groups in total. The lowest BCUT2D eigenvalue weighted by atomic mass is 10.1. The maximum Gasteiger partial charge on any atom is 0.321 e. The predicted octanol–water partition coefficient (Wildman–Crippen LogP) is 1.99. The standard InChI is InChI=1S/C18H20ClN3O2/c1-2-20-18(24)22-17(23)16(14-8-4-3-5-9-14)21-12-13-7-6-10-15(19)11-13/h3-11,16,21H,2,12H2,1H3,(H2,20,22,23,24)/p+1/t16-/m0/s1. The Morgan fingerprint density at radius 1 is 1.12 bits per heavy atom. The van der Waals surface area contributed by atoms with E-state index in [9.17, 15) is 9.59 Å². The highest BCUT2D eigenvalue weighted by Crippen LogP contribution is 2.11. The first-order valence-electron chi connectivity index (χ1n) is 7.81. The van der Waals surface area contributed by atoms with Gasteiger partial charge < -0.3 is 10.6 Å². The zero-order valence-corrected chi connectivity index (χ0v) is 14.2. The van der Waals surface area contributed by atoms with Gasteiger partial charge in [0.2, 0.25) is 0 Å². The van der Waals surface area contributed by atoms with E-state index in [1.807, 2.05) is 59.9 Å². The van der Waals surface area contributed by atoms with Gasteiger partial charge in [0.1, 0.15) is 6.54 Å². The van der Waals surface area contributed by atoms with Crippen LogP contribution in [0.2, 0.25) is 5.02 Å². The molecule has 2 aromatic carbocycles. The summed E-state index contributed by atoms with van der Waals surface area (Å²) in [5.74, 6) is -0.353. The molecule has 0 aliphatic rings. The van der Waals surface area contributed by atoms with Gasteiger partial charge in [0, 0.05) is 22.7 Å². The maximum atomic E-state index is 12.5. The Morgan fingerprint density at radius 2 is 1.88 bits per heavy atom. The highest BCUT2D eigenvalue weighted by molar-refractivity contribution is 6.30. The molecule has 126 valence electrons. The number of carbonyl (C=O) groups is 2. The van der Waals surface area contributed by atoms with E-state index in [0.717, 1.165) is 11.1 Å². The van der Waals surface area contributed by atoms with E-state index in [1.54, 1.807) is 6.92 Å². The van der Waals surface area contributed by atoms with E-state index in [0.29, 0.717) is 18.1 Å². The summed E-state index contributed by atoms with van der Waals surface area (Å²) in [5.41, 5.74) is 1.84. The zero-order chi connectivity index (χ0) is 17.4. The van der Waals surface area contributed by atoms with E-state index in [2.05, 4.69) is 10.6 Å². The van der Waals surface area contributed by atoms with Crippen LogP contribution in [0, 0.1) is 0 Å². The summed E-state index contributed by atoms with van der Waals surface area (Å²) in [7, 11) is 0. The fraction of sp³-hybridized carbons (Fsp3) is 0.222. The molecule has 2 rings (SSSR count). The molecule has 0 bridgehead atoms. The average Bonchev–Trinajstić information content (AvgIpc) is 2.56. The normalized spacial score (nSPS) is 11.6. The van der Waals surface area contributed by atoms with E-state index in [4.69, 9.17) is 11.6 Å². The molecule has 0 fully saturated rings. The summed E-state index contributed by atoms with van der Waals surface area (Å²) in [6.07, 6.45) is 0. The fourth-order valence-electron chi connectivity index (χ4n) is 2.37. The van der Waals surface area contributed by atoms with Gasteiger partial charge in [-0.1, -0.05) is 54.1 Å². The molecule has 0 spiro atoms. The van der Waals surface area contributed by atoms with Gasteiger partial charge in [-0.15, -0.1) is 0 Å². The molecule has 0 unspecified atom stereocenters. The van der Waals surface area contributed by atoms with Crippen molar-refractivity contribution < 1.29 is 14.9 Å². The number of hydrogen-bond acceptors (Lipinski definition) is 2. The first-order valence-corrected chi connectivity index (χ1v) is 8.19. The van der Waals surface area contributed by atoms with Crippen LogP contribution >= 0.6 is 11.6 Å². The van der Waals surface area contributed by atoms with E-state index in [1.165, 1.54) is 0 Å². The van der Waals surface area contributed by atoms with Gasteiger partial charge in [-0.3, -0.25) is 10.1 Å². The number of quaternary nitrogens is 1. The second-order valence-corrected chi connectivity index (χ2v) is 5.74. The number of urea groups is 1. The molecular weight excluding hydrogens is 326 g/mol. The smallest absolute Gasteiger partial charge is 0.321 e. The number of carbonyl (C=O) groups excluding carboxylic acids is 2. The van der Waals surface area contributed by atoms with Gasteiger partial charge in [-0.2, -0.15) is 0 Å². The van der Waals surface area contributed by atoms with Crippen LogP contribution in [0.3, 0.4) is 0 Å². The third-order valence-electron chi connectivity index (χ3n) is 3.49. The van der Waals surface area contributed by atoms with Crippen LogP contribution in [-0.4, -0.2) is 18.5 Å². The third kappa shape index (κ3) is 5.37.